The lowest BCUT2D eigenvalue weighted by atomic mass is 9.85. The Labute approximate surface area is 243 Å². The van der Waals surface area contributed by atoms with Crippen LogP contribution < -0.4 is 0 Å². The highest BCUT2D eigenvalue weighted by atomic mass is 16.6. The molecule has 2 aliphatic heterocycles. The number of hydrogen-bond donors (Lipinski definition) is 1. The van der Waals surface area contributed by atoms with Gasteiger partial charge in [0.15, 0.2) is 0 Å². The quantitative estimate of drug-likeness (QED) is 0.0896. The lowest BCUT2D eigenvalue weighted by Crippen LogP contribution is -2.36. The summed E-state index contributed by atoms with van der Waals surface area (Å²) < 4.78 is 23.0. The largest absolute Gasteiger partial charge is 0.466 e. The Kier molecular flexibility index (Phi) is 14.5. The van der Waals surface area contributed by atoms with E-state index < -0.39 is 6.10 Å². The molecule has 2 fully saturated rings. The van der Waals surface area contributed by atoms with E-state index in [4.69, 9.17) is 18.9 Å². The summed E-state index contributed by atoms with van der Waals surface area (Å²) >= 11 is 0. The molecule has 2 saturated heterocycles. The minimum atomic E-state index is -0.528. The highest BCUT2D eigenvalue weighted by Gasteiger charge is 2.56. The van der Waals surface area contributed by atoms with Crippen LogP contribution in [0.4, 0.5) is 0 Å². The number of carbonyl (C=O) groups excluding carboxylic acids is 2. The summed E-state index contributed by atoms with van der Waals surface area (Å²) in [5, 5.41) is 10.0. The summed E-state index contributed by atoms with van der Waals surface area (Å²) in [7, 11) is 1.65. The van der Waals surface area contributed by atoms with Gasteiger partial charge >= 0.3 is 5.97 Å². The molecule has 7 heteroatoms. The van der Waals surface area contributed by atoms with Crippen LogP contribution in [-0.2, 0) is 28.5 Å². The fraction of sp³-hybridized carbons (Fsp3) is 0.818. The van der Waals surface area contributed by atoms with Crippen molar-refractivity contribution in [3.8, 4) is 0 Å². The number of unbranched alkanes of at least 4 members (excludes halogenated alkanes) is 2. The van der Waals surface area contributed by atoms with Gasteiger partial charge in [-0.15, -0.1) is 0 Å². The molecule has 0 aromatic heterocycles. The summed E-state index contributed by atoms with van der Waals surface area (Å²) in [4.78, 5) is 23.2. The number of esters is 1. The van der Waals surface area contributed by atoms with Crippen LogP contribution in [0.1, 0.15) is 106 Å². The van der Waals surface area contributed by atoms with Crippen LogP contribution in [0.5, 0.6) is 0 Å². The standard InChI is InChI=1S/C33H56O7/c1-22(21-33(7)32(40-33)25(4)31(37-8)26(5)34)13-12-14-23(2)30-24(3)16-18-29(39-30)19-17-28(36)15-10-9-11-20-38-27(6)35/h12-14,22,24-26,29-32,34H,9-11,15-21H2,1-8H3/b13-12+,23-14+/t22-,24+,25-,26-,29-,30-,31-,32-,33-/m1/s1. The van der Waals surface area contributed by atoms with Crippen LogP contribution >= 0.6 is 0 Å². The highest BCUT2D eigenvalue weighted by molar-refractivity contribution is 5.78. The van der Waals surface area contributed by atoms with Gasteiger partial charge in [0, 0.05) is 32.8 Å². The van der Waals surface area contributed by atoms with Gasteiger partial charge < -0.3 is 24.1 Å². The molecule has 0 saturated carbocycles. The van der Waals surface area contributed by atoms with Gasteiger partial charge in [0.2, 0.25) is 0 Å². The second kappa shape index (κ2) is 16.8. The van der Waals surface area contributed by atoms with Gasteiger partial charge in [-0.05, 0) is 83.1 Å². The van der Waals surface area contributed by atoms with Gasteiger partial charge in [0.25, 0.3) is 0 Å². The van der Waals surface area contributed by atoms with Crippen molar-refractivity contribution in [2.45, 2.75) is 142 Å². The Morgan fingerprint density at radius 3 is 2.48 bits per heavy atom. The normalized spacial score (nSPS) is 30.1. The molecule has 0 radical (unpaired) electrons. The van der Waals surface area contributed by atoms with Crippen LogP contribution in [0, 0.1) is 17.8 Å². The first kappa shape index (κ1) is 34.7. The number of Topliss-reactive ketones (excluding diaryl/α,β-unsaturated/α-hetero) is 1. The van der Waals surface area contributed by atoms with Gasteiger partial charge in [0.05, 0.1) is 42.7 Å². The minimum Gasteiger partial charge on any atom is -0.466 e. The molecule has 0 aromatic rings. The molecule has 40 heavy (non-hydrogen) atoms. The third kappa shape index (κ3) is 11.4. The Hall–Kier alpha value is -1.54. The molecule has 0 amide bonds. The lowest BCUT2D eigenvalue weighted by molar-refractivity contribution is -0.141. The van der Waals surface area contributed by atoms with Crippen LogP contribution in [0.15, 0.2) is 23.8 Å². The predicted molar refractivity (Wildman–Crippen MR) is 158 cm³/mol. The van der Waals surface area contributed by atoms with Gasteiger partial charge in [-0.25, -0.2) is 0 Å². The number of carbonyl (C=O) groups is 2. The Balaban J connectivity index is 1.75. The number of epoxide rings is 1. The average Bonchev–Trinajstić information content (AvgIpc) is 3.55. The van der Waals surface area contributed by atoms with Crippen molar-refractivity contribution in [1.82, 2.24) is 0 Å². The van der Waals surface area contributed by atoms with E-state index in [2.05, 4.69) is 52.8 Å². The first-order valence-corrected chi connectivity index (χ1v) is 15.4. The summed E-state index contributed by atoms with van der Waals surface area (Å²) in [6, 6.07) is 0. The third-order valence-corrected chi connectivity index (χ3v) is 8.61. The van der Waals surface area contributed by atoms with Crippen molar-refractivity contribution in [1.29, 1.82) is 0 Å². The predicted octanol–water partition coefficient (Wildman–Crippen LogP) is 6.36. The molecule has 0 aliphatic carbocycles. The zero-order valence-electron chi connectivity index (χ0n) is 26.3. The molecular formula is C33H56O7. The second-order valence-corrected chi connectivity index (χ2v) is 12.6. The van der Waals surface area contributed by atoms with Crippen LogP contribution in [0.25, 0.3) is 0 Å². The van der Waals surface area contributed by atoms with E-state index >= 15 is 0 Å². The molecular weight excluding hydrogens is 508 g/mol. The Bertz CT molecular complexity index is 850. The molecule has 0 aromatic carbocycles. The monoisotopic (exact) mass is 564 g/mol. The van der Waals surface area contributed by atoms with Crippen molar-refractivity contribution in [3.05, 3.63) is 23.8 Å². The molecule has 2 heterocycles. The number of aliphatic hydroxyl groups excluding tert-OH is 1. The van der Waals surface area contributed by atoms with E-state index in [-0.39, 0.29) is 41.9 Å². The number of allylic oxidation sites excluding steroid dienone is 3. The van der Waals surface area contributed by atoms with E-state index in [0.717, 1.165) is 44.9 Å². The van der Waals surface area contributed by atoms with E-state index in [9.17, 15) is 14.7 Å². The third-order valence-electron chi connectivity index (χ3n) is 8.61. The van der Waals surface area contributed by atoms with Gasteiger partial charge in [-0.2, -0.15) is 0 Å². The van der Waals surface area contributed by atoms with Crippen molar-refractivity contribution in [2.24, 2.45) is 17.8 Å². The Morgan fingerprint density at radius 2 is 1.82 bits per heavy atom. The maximum Gasteiger partial charge on any atom is 0.302 e. The van der Waals surface area contributed by atoms with Crippen LogP contribution in [0.3, 0.4) is 0 Å². The number of hydrogen-bond acceptors (Lipinski definition) is 7. The lowest BCUT2D eigenvalue weighted by Gasteiger charge is -2.35. The van der Waals surface area contributed by atoms with Crippen LogP contribution in [0.2, 0.25) is 0 Å². The summed E-state index contributed by atoms with van der Waals surface area (Å²) in [6.45, 7) is 14.5. The molecule has 0 unspecified atom stereocenters. The van der Waals surface area contributed by atoms with E-state index in [0.29, 0.717) is 37.1 Å². The smallest absolute Gasteiger partial charge is 0.302 e. The fourth-order valence-electron chi connectivity index (χ4n) is 6.35. The van der Waals surface area contributed by atoms with E-state index in [1.807, 2.05) is 0 Å². The maximum absolute atomic E-state index is 12.4. The van der Waals surface area contributed by atoms with Crippen LogP contribution in [-0.4, -0.2) is 66.7 Å². The number of aliphatic hydroxyl groups is 1. The zero-order chi connectivity index (χ0) is 29.9. The van der Waals surface area contributed by atoms with E-state index in [1.165, 1.54) is 12.5 Å². The molecule has 0 bridgehead atoms. The molecule has 1 N–H and O–H groups in total. The maximum atomic E-state index is 12.4. The number of ether oxygens (including phenoxy) is 4. The van der Waals surface area contributed by atoms with E-state index in [1.54, 1.807) is 14.0 Å². The highest BCUT2D eigenvalue weighted by Crippen LogP contribution is 2.47. The summed E-state index contributed by atoms with van der Waals surface area (Å²) in [5.74, 6) is 0.975. The van der Waals surface area contributed by atoms with Gasteiger partial charge in [-0.1, -0.05) is 39.0 Å². The fourth-order valence-corrected chi connectivity index (χ4v) is 6.35. The second-order valence-electron chi connectivity index (χ2n) is 12.6. The number of methoxy groups -OCH3 is 1. The SMILES string of the molecule is CO[C@H]([C@@H](C)[C@H]1O[C@]1(C)C[C@H](C)/C=C/C=C(\C)[C@H]1O[C@@H](CCC(=O)CCCCCOC(C)=O)CC[C@@H]1C)[C@@H](C)O. The minimum absolute atomic E-state index is 0.0797. The van der Waals surface area contributed by atoms with Crippen molar-refractivity contribution in [2.75, 3.05) is 13.7 Å². The van der Waals surface area contributed by atoms with Crippen molar-refractivity contribution >= 4 is 11.8 Å². The molecule has 7 nitrogen and oxygen atoms in total. The molecule has 0 spiro atoms. The number of rotatable bonds is 18. The van der Waals surface area contributed by atoms with Crippen molar-refractivity contribution < 1.29 is 33.6 Å². The summed E-state index contributed by atoms with van der Waals surface area (Å²) in [5.41, 5.74) is 1.03. The Morgan fingerprint density at radius 1 is 1.10 bits per heavy atom. The van der Waals surface area contributed by atoms with Crippen molar-refractivity contribution in [3.63, 3.8) is 0 Å². The average molecular weight is 565 g/mol. The molecule has 2 aliphatic rings. The first-order valence-electron chi connectivity index (χ1n) is 15.4. The van der Waals surface area contributed by atoms with Gasteiger partial charge in [-0.3, -0.25) is 9.59 Å². The molecule has 2 rings (SSSR count). The topological polar surface area (TPSA) is 94.6 Å². The zero-order valence-corrected chi connectivity index (χ0v) is 26.3. The molecule has 9 atom stereocenters. The molecule has 230 valence electrons. The number of ketones is 1. The first-order chi connectivity index (χ1) is 18.9. The summed E-state index contributed by atoms with van der Waals surface area (Å²) in [6.07, 6.45) is 13.6. The van der Waals surface area contributed by atoms with Gasteiger partial charge in [0.1, 0.15) is 5.78 Å².